The number of unbranched alkanes of at least 4 members (excludes halogenated alkanes) is 2. The molecule has 1 N–H and O–H groups in total. The zero-order valence-corrected chi connectivity index (χ0v) is 21.6. The van der Waals surface area contributed by atoms with Crippen molar-refractivity contribution < 1.29 is 63.0 Å². The number of rotatable bonds is 16. The summed E-state index contributed by atoms with van der Waals surface area (Å²) >= 11 is 0. The van der Waals surface area contributed by atoms with Crippen molar-refractivity contribution in [3.8, 4) is 0 Å². The minimum atomic E-state index is -4.76. The molecule has 9 heteroatoms. The van der Waals surface area contributed by atoms with Crippen LogP contribution < -0.4 is 29.6 Å². The SMILES string of the molecule is CCCC[C@H](CC)COC(=O)CC(C(=O)OC[C@@H](CC)CCCC)S(=O)(=O)O.[H-].[Na+]. The number of carbonyl (C=O) groups excluding carboxylic acids is 2. The number of esters is 2. The van der Waals surface area contributed by atoms with Gasteiger partial charge in [0.05, 0.1) is 19.6 Å². The average Bonchev–Trinajstić information content (AvgIpc) is 2.65. The van der Waals surface area contributed by atoms with Crippen molar-refractivity contribution in [1.29, 1.82) is 0 Å². The average molecular weight is 447 g/mol. The van der Waals surface area contributed by atoms with E-state index in [1.165, 1.54) is 0 Å². The summed E-state index contributed by atoms with van der Waals surface area (Å²) in [6.07, 6.45) is 6.74. The molecule has 0 bridgehead atoms. The van der Waals surface area contributed by atoms with Crippen molar-refractivity contribution >= 4 is 22.1 Å². The Balaban J connectivity index is -0.00000364. The number of carbonyl (C=O) groups is 2. The normalized spacial score (nSPS) is 14.4. The molecule has 7 nitrogen and oxygen atoms in total. The van der Waals surface area contributed by atoms with Gasteiger partial charge in [-0.15, -0.1) is 0 Å². The molecule has 0 saturated heterocycles. The van der Waals surface area contributed by atoms with Gasteiger partial charge in [0, 0.05) is 0 Å². The maximum absolute atomic E-state index is 12.2. The summed E-state index contributed by atoms with van der Waals surface area (Å²) < 4.78 is 42.8. The van der Waals surface area contributed by atoms with Crippen LogP contribution in [0.1, 0.15) is 86.9 Å². The first kappa shape index (κ1) is 31.0. The fourth-order valence-electron chi connectivity index (χ4n) is 2.82. The third-order valence-electron chi connectivity index (χ3n) is 5.00. The summed E-state index contributed by atoms with van der Waals surface area (Å²) in [6, 6.07) is 0. The molecular weight excluding hydrogens is 407 g/mol. The minimum absolute atomic E-state index is 0. The van der Waals surface area contributed by atoms with E-state index in [2.05, 4.69) is 13.8 Å². The first-order valence-electron chi connectivity index (χ1n) is 10.5. The van der Waals surface area contributed by atoms with E-state index in [4.69, 9.17) is 9.47 Å². The molecule has 0 rings (SSSR count). The number of hydrogen-bond donors (Lipinski definition) is 1. The van der Waals surface area contributed by atoms with Crippen LogP contribution in [0.4, 0.5) is 0 Å². The molecule has 0 fully saturated rings. The molecule has 29 heavy (non-hydrogen) atoms. The molecule has 0 spiro atoms. The van der Waals surface area contributed by atoms with E-state index in [-0.39, 0.29) is 56.0 Å². The molecule has 0 aliphatic rings. The van der Waals surface area contributed by atoms with Crippen molar-refractivity contribution in [2.45, 2.75) is 90.7 Å². The first-order chi connectivity index (χ1) is 13.2. The Kier molecular flexibility index (Phi) is 18.8. The fourth-order valence-corrected chi connectivity index (χ4v) is 3.48. The van der Waals surface area contributed by atoms with Gasteiger partial charge in [0.15, 0.2) is 5.25 Å². The molecule has 3 atom stereocenters. The predicted octanol–water partition coefficient (Wildman–Crippen LogP) is 1.27. The molecule has 0 saturated carbocycles. The molecule has 0 aromatic rings. The predicted molar refractivity (Wildman–Crippen MR) is 110 cm³/mol. The zero-order valence-electron chi connectivity index (χ0n) is 19.8. The van der Waals surface area contributed by atoms with Crippen LogP contribution in [0.15, 0.2) is 0 Å². The summed E-state index contributed by atoms with van der Waals surface area (Å²) in [7, 11) is -4.76. The summed E-state index contributed by atoms with van der Waals surface area (Å²) in [6.45, 7) is 8.35. The molecule has 0 aromatic heterocycles. The third-order valence-corrected chi connectivity index (χ3v) is 6.08. The van der Waals surface area contributed by atoms with Gasteiger partial charge in [0.25, 0.3) is 10.1 Å². The standard InChI is InChI=1S/C20H38O7S.Na.H/c1-5-9-11-16(7-3)14-26-19(21)13-18(28(23,24)25)20(22)27-15-17(8-4)12-10-6-2;;/h16-18H,5-15H2,1-4H3,(H,23,24,25);;/q;+1;-1/t16-,17-,18?;;/m0../s1. The van der Waals surface area contributed by atoms with Gasteiger partial charge in [-0.25, -0.2) is 0 Å². The Bertz CT molecular complexity index is 557. The third kappa shape index (κ3) is 14.5. The van der Waals surface area contributed by atoms with E-state index >= 15 is 0 Å². The van der Waals surface area contributed by atoms with Crippen LogP contribution in [-0.4, -0.2) is 43.4 Å². The van der Waals surface area contributed by atoms with Crippen LogP contribution >= 0.6 is 0 Å². The van der Waals surface area contributed by atoms with Crippen LogP contribution in [0.25, 0.3) is 0 Å². The Morgan fingerprint density at radius 3 is 1.72 bits per heavy atom. The van der Waals surface area contributed by atoms with E-state index in [1.54, 1.807) is 0 Å². The first-order valence-corrected chi connectivity index (χ1v) is 12.0. The van der Waals surface area contributed by atoms with Crippen molar-refractivity contribution in [3.05, 3.63) is 0 Å². The van der Waals surface area contributed by atoms with Crippen LogP contribution in [0.5, 0.6) is 0 Å². The molecule has 0 aliphatic heterocycles. The minimum Gasteiger partial charge on any atom is -1.00 e. The van der Waals surface area contributed by atoms with Crippen molar-refractivity contribution in [1.82, 2.24) is 0 Å². The van der Waals surface area contributed by atoms with Crippen LogP contribution in [-0.2, 0) is 29.2 Å². The molecule has 0 radical (unpaired) electrons. The molecule has 1 unspecified atom stereocenters. The molecule has 168 valence electrons. The van der Waals surface area contributed by atoms with Crippen molar-refractivity contribution in [3.63, 3.8) is 0 Å². The van der Waals surface area contributed by atoms with E-state index < -0.39 is 33.7 Å². The Hall–Kier alpha value is -0.150. The second-order valence-electron chi connectivity index (χ2n) is 7.35. The van der Waals surface area contributed by atoms with Gasteiger partial charge in [-0.3, -0.25) is 14.1 Å². The fraction of sp³-hybridized carbons (Fsp3) is 0.900. The maximum Gasteiger partial charge on any atom is 1.00 e. The van der Waals surface area contributed by atoms with Gasteiger partial charge in [-0.1, -0.05) is 66.2 Å². The molecule has 0 heterocycles. The second-order valence-corrected chi connectivity index (χ2v) is 8.95. The molecule has 0 aromatic carbocycles. The van der Waals surface area contributed by atoms with Gasteiger partial charge < -0.3 is 10.9 Å². The smallest absolute Gasteiger partial charge is 1.00 e. The Morgan fingerprint density at radius 2 is 1.34 bits per heavy atom. The zero-order chi connectivity index (χ0) is 21.6. The van der Waals surface area contributed by atoms with Gasteiger partial charge in [0.2, 0.25) is 0 Å². The monoisotopic (exact) mass is 446 g/mol. The van der Waals surface area contributed by atoms with E-state index in [1.807, 2.05) is 13.8 Å². The van der Waals surface area contributed by atoms with Gasteiger partial charge in [-0.2, -0.15) is 8.42 Å². The number of hydrogen-bond acceptors (Lipinski definition) is 6. The van der Waals surface area contributed by atoms with Gasteiger partial charge in [0.1, 0.15) is 0 Å². The summed E-state index contributed by atoms with van der Waals surface area (Å²) in [5.74, 6) is -1.61. The van der Waals surface area contributed by atoms with Crippen LogP contribution in [0, 0.1) is 11.8 Å². The number of ether oxygens (including phenoxy) is 2. The maximum atomic E-state index is 12.2. The van der Waals surface area contributed by atoms with E-state index in [0.29, 0.717) is 0 Å². The van der Waals surface area contributed by atoms with Gasteiger partial charge in [-0.05, 0) is 24.7 Å². The van der Waals surface area contributed by atoms with Crippen molar-refractivity contribution in [2.24, 2.45) is 11.8 Å². The Morgan fingerprint density at radius 1 is 0.897 bits per heavy atom. The summed E-state index contributed by atoms with van der Waals surface area (Å²) in [5, 5.41) is -1.95. The molecule has 0 amide bonds. The van der Waals surface area contributed by atoms with Gasteiger partial charge >= 0.3 is 41.5 Å². The van der Waals surface area contributed by atoms with E-state index in [0.717, 1.165) is 51.4 Å². The quantitative estimate of drug-likeness (QED) is 0.216. The summed E-state index contributed by atoms with van der Waals surface area (Å²) in [5.41, 5.74) is 0. The van der Waals surface area contributed by atoms with Crippen LogP contribution in [0.2, 0.25) is 0 Å². The second kappa shape index (κ2) is 17.5. The van der Waals surface area contributed by atoms with Crippen molar-refractivity contribution in [2.75, 3.05) is 13.2 Å². The summed E-state index contributed by atoms with van der Waals surface area (Å²) in [4.78, 5) is 24.2. The van der Waals surface area contributed by atoms with Crippen LogP contribution in [0.3, 0.4) is 0 Å². The van der Waals surface area contributed by atoms with E-state index in [9.17, 15) is 22.6 Å². The topological polar surface area (TPSA) is 107 Å². The Labute approximate surface area is 200 Å². The molecular formula is C20H39NaO7S. The molecule has 0 aliphatic carbocycles. The largest absolute Gasteiger partial charge is 1.00 e.